The summed E-state index contributed by atoms with van der Waals surface area (Å²) in [6, 6.07) is 0. The quantitative estimate of drug-likeness (QED) is 0.0449. The van der Waals surface area contributed by atoms with Crippen molar-refractivity contribution in [3.63, 3.8) is 0 Å². The number of unbranched alkanes of at least 4 members (excludes halogenated alkanes) is 52. The van der Waals surface area contributed by atoms with E-state index in [1.54, 1.807) is 0 Å². The van der Waals surface area contributed by atoms with Crippen LogP contribution in [0.3, 0.4) is 0 Å². The second-order valence-electron chi connectivity index (χ2n) is 23.1. The molecule has 0 fully saturated rings. The SMILES string of the molecule is CCCCCCCCCCCCCCCCCCCCOC(=O)C(CCCCCCCCCC)(CCCCCCCCCCCCCCCC)CCCCCCCCCCCCCCCCCC. The molecule has 68 heavy (non-hydrogen) atoms. The lowest BCUT2D eigenvalue weighted by Gasteiger charge is -2.32. The summed E-state index contributed by atoms with van der Waals surface area (Å²) < 4.78 is 6.37. The Hall–Kier alpha value is -0.530. The van der Waals surface area contributed by atoms with E-state index in [1.807, 2.05) is 0 Å². The molecule has 0 N–H and O–H groups in total. The first-order valence-electron chi connectivity index (χ1n) is 32.8. The molecule has 1 unspecified atom stereocenters. The third-order valence-electron chi connectivity index (χ3n) is 16.2. The summed E-state index contributed by atoms with van der Waals surface area (Å²) in [6.07, 6.45) is 80.8. The fourth-order valence-electron chi connectivity index (χ4n) is 11.3. The van der Waals surface area contributed by atoms with Crippen LogP contribution in [0.15, 0.2) is 0 Å². The van der Waals surface area contributed by atoms with Gasteiger partial charge in [-0.25, -0.2) is 0 Å². The van der Waals surface area contributed by atoms with Gasteiger partial charge in [0.1, 0.15) is 0 Å². The van der Waals surface area contributed by atoms with Gasteiger partial charge in [-0.1, -0.05) is 381 Å². The minimum absolute atomic E-state index is 0.197. The fourth-order valence-corrected chi connectivity index (χ4v) is 11.3. The Balaban J connectivity index is 4.88. The summed E-state index contributed by atoms with van der Waals surface area (Å²) in [5, 5.41) is 0. The zero-order valence-corrected chi connectivity index (χ0v) is 48.2. The van der Waals surface area contributed by atoms with Crippen LogP contribution in [0.5, 0.6) is 0 Å². The lowest BCUT2D eigenvalue weighted by molar-refractivity contribution is -0.158. The molecule has 0 saturated heterocycles. The highest BCUT2D eigenvalue weighted by molar-refractivity contribution is 5.76. The summed E-state index contributed by atoms with van der Waals surface area (Å²) in [5.74, 6) is 0.197. The topological polar surface area (TPSA) is 26.3 Å². The molecule has 0 rings (SSSR count). The van der Waals surface area contributed by atoms with Crippen LogP contribution in [0.4, 0.5) is 0 Å². The van der Waals surface area contributed by atoms with E-state index in [4.69, 9.17) is 4.74 Å². The Morgan fingerprint density at radius 3 is 0.544 bits per heavy atom. The van der Waals surface area contributed by atoms with E-state index in [9.17, 15) is 4.79 Å². The van der Waals surface area contributed by atoms with Gasteiger partial charge in [-0.15, -0.1) is 0 Å². The van der Waals surface area contributed by atoms with Gasteiger partial charge in [-0.2, -0.15) is 0 Å². The number of rotatable bonds is 61. The number of hydrogen-bond donors (Lipinski definition) is 0. The van der Waals surface area contributed by atoms with Gasteiger partial charge in [0.2, 0.25) is 0 Å². The van der Waals surface area contributed by atoms with E-state index in [-0.39, 0.29) is 11.4 Å². The molecule has 1 atom stereocenters. The molecule has 0 spiro atoms. The van der Waals surface area contributed by atoms with Gasteiger partial charge in [0.05, 0.1) is 12.0 Å². The summed E-state index contributed by atoms with van der Waals surface area (Å²) in [7, 11) is 0. The minimum atomic E-state index is -0.246. The van der Waals surface area contributed by atoms with E-state index in [0.717, 1.165) is 25.7 Å². The number of ether oxygens (including phenoxy) is 1. The molecule has 0 aromatic heterocycles. The predicted molar refractivity (Wildman–Crippen MR) is 308 cm³/mol. The summed E-state index contributed by atoms with van der Waals surface area (Å²) >= 11 is 0. The second-order valence-corrected chi connectivity index (χ2v) is 23.1. The van der Waals surface area contributed by atoms with Crippen molar-refractivity contribution in [2.24, 2.45) is 5.41 Å². The number of esters is 1. The third kappa shape index (κ3) is 50.4. The number of carbonyl (C=O) groups excluding carboxylic acids is 1. The molecule has 0 amide bonds. The van der Waals surface area contributed by atoms with Gasteiger partial charge in [0.15, 0.2) is 0 Å². The van der Waals surface area contributed by atoms with Crippen molar-refractivity contribution in [1.29, 1.82) is 0 Å². The standard InChI is InChI=1S/C66H132O2/c1-5-9-13-17-21-25-28-31-34-36-37-39-42-45-48-52-56-60-64-68-65(67)66(61-57-53-49-24-20-16-12-8-4,62-58-54-50-46-43-40-33-30-27-23-19-15-11-7-3)63-59-55-51-47-44-41-38-35-32-29-26-22-18-14-10-6-2/h5-64H2,1-4H3. The molecule has 2 nitrogen and oxygen atoms in total. The Morgan fingerprint density at radius 2 is 0.368 bits per heavy atom. The maximum atomic E-state index is 14.4. The number of hydrogen-bond acceptors (Lipinski definition) is 2. The molecule has 0 aliphatic heterocycles. The molecule has 408 valence electrons. The first kappa shape index (κ1) is 67.5. The molecule has 0 saturated carbocycles. The van der Waals surface area contributed by atoms with Crippen LogP contribution in [0.25, 0.3) is 0 Å². The monoisotopic (exact) mass is 957 g/mol. The van der Waals surface area contributed by atoms with E-state index in [0.29, 0.717) is 6.61 Å². The molecule has 0 aromatic carbocycles. The van der Waals surface area contributed by atoms with E-state index in [1.165, 1.54) is 353 Å². The van der Waals surface area contributed by atoms with Crippen molar-refractivity contribution in [3.05, 3.63) is 0 Å². The lowest BCUT2D eigenvalue weighted by Crippen LogP contribution is -2.34. The second kappa shape index (κ2) is 59.0. The zero-order valence-electron chi connectivity index (χ0n) is 48.2. The molecular formula is C66H132O2. The summed E-state index contributed by atoms with van der Waals surface area (Å²) in [5.41, 5.74) is -0.246. The van der Waals surface area contributed by atoms with E-state index < -0.39 is 0 Å². The predicted octanol–water partition coefficient (Wildman–Crippen LogP) is 24.6. The highest BCUT2D eigenvalue weighted by Crippen LogP contribution is 2.39. The van der Waals surface area contributed by atoms with Crippen LogP contribution in [-0.4, -0.2) is 12.6 Å². The summed E-state index contributed by atoms with van der Waals surface area (Å²) in [4.78, 5) is 14.4. The smallest absolute Gasteiger partial charge is 0.312 e. The van der Waals surface area contributed by atoms with Crippen molar-refractivity contribution in [3.8, 4) is 0 Å². The third-order valence-corrected chi connectivity index (χ3v) is 16.2. The maximum Gasteiger partial charge on any atom is 0.312 e. The van der Waals surface area contributed by atoms with Crippen molar-refractivity contribution < 1.29 is 9.53 Å². The van der Waals surface area contributed by atoms with Gasteiger partial charge in [-0.3, -0.25) is 4.79 Å². The lowest BCUT2D eigenvalue weighted by atomic mass is 9.74. The normalized spacial score (nSPS) is 12.6. The molecule has 2 heteroatoms. The number of carbonyl (C=O) groups is 1. The van der Waals surface area contributed by atoms with Crippen LogP contribution in [-0.2, 0) is 9.53 Å². The van der Waals surface area contributed by atoms with Crippen LogP contribution < -0.4 is 0 Å². The molecule has 0 bridgehead atoms. The Bertz CT molecular complexity index is 913. The van der Waals surface area contributed by atoms with Crippen LogP contribution in [0, 0.1) is 5.41 Å². The molecular weight excluding hydrogens is 825 g/mol. The summed E-state index contributed by atoms with van der Waals surface area (Å²) in [6.45, 7) is 9.90. The first-order chi connectivity index (χ1) is 33.7. The van der Waals surface area contributed by atoms with Gasteiger partial charge in [0, 0.05) is 0 Å². The zero-order chi connectivity index (χ0) is 49.2. The molecule has 0 aliphatic carbocycles. The van der Waals surface area contributed by atoms with Crippen LogP contribution in [0.2, 0.25) is 0 Å². The Morgan fingerprint density at radius 1 is 0.221 bits per heavy atom. The fraction of sp³-hybridized carbons (Fsp3) is 0.985. The average Bonchev–Trinajstić information content (AvgIpc) is 3.35. The average molecular weight is 958 g/mol. The Labute approximate surface area is 432 Å². The Kier molecular flexibility index (Phi) is 58.6. The van der Waals surface area contributed by atoms with Gasteiger partial charge < -0.3 is 4.74 Å². The molecule has 0 aromatic rings. The van der Waals surface area contributed by atoms with Crippen molar-refractivity contribution in [1.82, 2.24) is 0 Å². The molecule has 0 radical (unpaired) electrons. The first-order valence-corrected chi connectivity index (χ1v) is 32.8. The van der Waals surface area contributed by atoms with Gasteiger partial charge in [0.25, 0.3) is 0 Å². The highest BCUT2D eigenvalue weighted by atomic mass is 16.5. The van der Waals surface area contributed by atoms with Crippen molar-refractivity contribution in [2.45, 2.75) is 407 Å². The van der Waals surface area contributed by atoms with E-state index >= 15 is 0 Å². The van der Waals surface area contributed by atoms with E-state index in [2.05, 4.69) is 27.7 Å². The van der Waals surface area contributed by atoms with Crippen molar-refractivity contribution >= 4 is 5.97 Å². The van der Waals surface area contributed by atoms with Gasteiger partial charge >= 0.3 is 5.97 Å². The minimum Gasteiger partial charge on any atom is -0.465 e. The van der Waals surface area contributed by atoms with Crippen molar-refractivity contribution in [2.75, 3.05) is 6.61 Å². The van der Waals surface area contributed by atoms with Crippen LogP contribution in [0.1, 0.15) is 407 Å². The largest absolute Gasteiger partial charge is 0.465 e. The highest BCUT2D eigenvalue weighted by Gasteiger charge is 2.38. The molecule has 0 heterocycles. The van der Waals surface area contributed by atoms with Crippen LogP contribution >= 0.6 is 0 Å². The molecule has 0 aliphatic rings. The maximum absolute atomic E-state index is 14.4. The van der Waals surface area contributed by atoms with Gasteiger partial charge in [-0.05, 0) is 25.7 Å².